The Morgan fingerprint density at radius 3 is 2.63 bits per heavy atom. The van der Waals surface area contributed by atoms with Gasteiger partial charge in [-0.2, -0.15) is 0 Å². The van der Waals surface area contributed by atoms with Gasteiger partial charge in [-0.15, -0.1) is 24.8 Å². The standard InChI is InChI=1S/C19H24N4O2.2ClH/c1-14-16(4-5-17(21-14)18-3-2-12-25-18)19(24)23-9-6-15(13-23)22-10-7-20-8-11-22;;/h2-5,12,15,20H,6-11,13H2,1H3;2*1H. The van der Waals surface area contributed by atoms with Crippen molar-refractivity contribution in [2.75, 3.05) is 39.3 Å². The van der Waals surface area contributed by atoms with Crippen molar-refractivity contribution in [3.8, 4) is 11.5 Å². The fraction of sp³-hybridized carbons (Fsp3) is 0.474. The lowest BCUT2D eigenvalue weighted by atomic mass is 10.1. The number of piperazine rings is 1. The number of carbonyl (C=O) groups is 1. The summed E-state index contributed by atoms with van der Waals surface area (Å²) in [4.78, 5) is 22.0. The first kappa shape index (κ1) is 21.7. The van der Waals surface area contributed by atoms with Gasteiger partial charge in [-0.25, -0.2) is 4.98 Å². The fourth-order valence-corrected chi connectivity index (χ4v) is 3.79. The smallest absolute Gasteiger partial charge is 0.255 e. The van der Waals surface area contributed by atoms with Crippen LogP contribution < -0.4 is 5.32 Å². The molecular formula is C19H26Cl2N4O2. The molecule has 0 aliphatic carbocycles. The lowest BCUT2D eigenvalue weighted by Crippen LogP contribution is -2.49. The molecule has 0 spiro atoms. The van der Waals surface area contributed by atoms with E-state index in [4.69, 9.17) is 4.42 Å². The Kier molecular flexibility index (Phi) is 7.68. The van der Waals surface area contributed by atoms with E-state index < -0.39 is 0 Å². The molecule has 2 saturated heterocycles. The first-order valence-electron chi connectivity index (χ1n) is 8.98. The van der Waals surface area contributed by atoms with Gasteiger partial charge in [-0.3, -0.25) is 9.69 Å². The Morgan fingerprint density at radius 1 is 1.19 bits per heavy atom. The molecule has 2 aromatic heterocycles. The van der Waals surface area contributed by atoms with E-state index in [0.29, 0.717) is 11.6 Å². The van der Waals surface area contributed by atoms with Crippen LogP contribution in [0, 0.1) is 6.92 Å². The second-order valence-electron chi connectivity index (χ2n) is 6.79. The molecule has 2 fully saturated rings. The van der Waals surface area contributed by atoms with Crippen molar-refractivity contribution < 1.29 is 9.21 Å². The quantitative estimate of drug-likeness (QED) is 0.839. The third-order valence-corrected chi connectivity index (χ3v) is 5.21. The minimum absolute atomic E-state index is 0. The van der Waals surface area contributed by atoms with E-state index in [1.54, 1.807) is 6.26 Å². The number of carbonyl (C=O) groups excluding carboxylic acids is 1. The normalized spacial score (nSPS) is 20.0. The summed E-state index contributed by atoms with van der Waals surface area (Å²) >= 11 is 0. The maximum atomic E-state index is 12.9. The van der Waals surface area contributed by atoms with Gasteiger partial charge >= 0.3 is 0 Å². The van der Waals surface area contributed by atoms with E-state index in [2.05, 4.69) is 15.2 Å². The van der Waals surface area contributed by atoms with Crippen LogP contribution in [0.25, 0.3) is 11.5 Å². The van der Waals surface area contributed by atoms with E-state index in [1.807, 2.05) is 36.1 Å². The van der Waals surface area contributed by atoms with Gasteiger partial charge in [0.1, 0.15) is 5.69 Å². The van der Waals surface area contributed by atoms with E-state index in [1.165, 1.54) is 0 Å². The molecule has 27 heavy (non-hydrogen) atoms. The summed E-state index contributed by atoms with van der Waals surface area (Å²) in [6, 6.07) is 7.94. The Bertz CT molecular complexity index is 748. The molecule has 0 aromatic carbocycles. The SMILES string of the molecule is Cc1nc(-c2ccco2)ccc1C(=O)N1CCC(N2CCNCC2)C1.Cl.Cl. The molecule has 0 radical (unpaired) electrons. The Hall–Kier alpha value is -1.60. The highest BCUT2D eigenvalue weighted by atomic mass is 35.5. The van der Waals surface area contributed by atoms with Crippen molar-refractivity contribution in [3.63, 3.8) is 0 Å². The lowest BCUT2D eigenvalue weighted by molar-refractivity contribution is 0.0772. The van der Waals surface area contributed by atoms with Crippen molar-refractivity contribution in [1.29, 1.82) is 0 Å². The molecule has 2 aliphatic rings. The van der Waals surface area contributed by atoms with Crippen LogP contribution in [0.4, 0.5) is 0 Å². The molecule has 0 bridgehead atoms. The second kappa shape index (κ2) is 9.55. The topological polar surface area (TPSA) is 61.6 Å². The van der Waals surface area contributed by atoms with Crippen LogP contribution in [0.2, 0.25) is 0 Å². The van der Waals surface area contributed by atoms with Crippen LogP contribution in [-0.4, -0.2) is 66.0 Å². The van der Waals surface area contributed by atoms with Gasteiger partial charge in [0.05, 0.1) is 17.5 Å². The van der Waals surface area contributed by atoms with Crippen LogP contribution in [0.5, 0.6) is 0 Å². The summed E-state index contributed by atoms with van der Waals surface area (Å²) in [6.07, 6.45) is 2.69. The average Bonchev–Trinajstić information content (AvgIpc) is 3.34. The largest absolute Gasteiger partial charge is 0.463 e. The molecule has 1 N–H and O–H groups in total. The average molecular weight is 413 g/mol. The van der Waals surface area contributed by atoms with E-state index >= 15 is 0 Å². The van der Waals surface area contributed by atoms with Gasteiger partial charge in [0.25, 0.3) is 5.91 Å². The number of furan rings is 1. The van der Waals surface area contributed by atoms with Crippen molar-refractivity contribution >= 4 is 30.7 Å². The molecule has 2 aliphatic heterocycles. The van der Waals surface area contributed by atoms with Crippen molar-refractivity contribution in [1.82, 2.24) is 20.1 Å². The molecule has 2 aromatic rings. The van der Waals surface area contributed by atoms with Crippen LogP contribution in [0.15, 0.2) is 34.9 Å². The monoisotopic (exact) mass is 412 g/mol. The first-order valence-corrected chi connectivity index (χ1v) is 8.98. The maximum absolute atomic E-state index is 12.9. The van der Waals surface area contributed by atoms with Crippen molar-refractivity contribution in [3.05, 3.63) is 41.8 Å². The first-order chi connectivity index (χ1) is 12.2. The molecule has 0 saturated carbocycles. The predicted octanol–water partition coefficient (Wildman–Crippen LogP) is 2.61. The summed E-state index contributed by atoms with van der Waals surface area (Å²) in [6.45, 7) is 7.77. The van der Waals surface area contributed by atoms with Crippen molar-refractivity contribution in [2.24, 2.45) is 0 Å². The van der Waals surface area contributed by atoms with Gasteiger partial charge in [-0.1, -0.05) is 0 Å². The summed E-state index contributed by atoms with van der Waals surface area (Å²) in [5, 5.41) is 3.38. The zero-order valence-electron chi connectivity index (χ0n) is 15.4. The predicted molar refractivity (Wildman–Crippen MR) is 110 cm³/mol. The highest BCUT2D eigenvalue weighted by Crippen LogP contribution is 2.22. The zero-order valence-corrected chi connectivity index (χ0v) is 17.0. The molecule has 8 heteroatoms. The van der Waals surface area contributed by atoms with Gasteiger partial charge in [0.15, 0.2) is 5.76 Å². The summed E-state index contributed by atoms with van der Waals surface area (Å²) < 4.78 is 5.39. The molecule has 1 atom stereocenters. The van der Waals surface area contributed by atoms with Crippen LogP contribution in [-0.2, 0) is 0 Å². The Morgan fingerprint density at radius 2 is 1.96 bits per heavy atom. The zero-order chi connectivity index (χ0) is 17.2. The highest BCUT2D eigenvalue weighted by Gasteiger charge is 2.32. The molecule has 4 heterocycles. The Balaban J connectivity index is 0.00000131. The van der Waals surface area contributed by atoms with Crippen LogP contribution in [0.1, 0.15) is 22.5 Å². The fourth-order valence-electron chi connectivity index (χ4n) is 3.79. The number of pyridine rings is 1. The molecule has 4 rings (SSSR count). The van der Waals surface area contributed by atoms with E-state index in [-0.39, 0.29) is 30.7 Å². The van der Waals surface area contributed by atoms with Crippen LogP contribution in [0.3, 0.4) is 0 Å². The molecule has 1 amide bonds. The third-order valence-electron chi connectivity index (χ3n) is 5.21. The lowest BCUT2D eigenvalue weighted by Gasteiger charge is -2.32. The number of rotatable bonds is 3. The van der Waals surface area contributed by atoms with Gasteiger partial charge < -0.3 is 14.6 Å². The maximum Gasteiger partial charge on any atom is 0.255 e. The minimum atomic E-state index is 0. The number of hydrogen-bond acceptors (Lipinski definition) is 5. The molecular weight excluding hydrogens is 387 g/mol. The molecule has 148 valence electrons. The number of nitrogens with one attached hydrogen (secondary N) is 1. The van der Waals surface area contributed by atoms with Crippen LogP contribution >= 0.6 is 24.8 Å². The Labute approximate surface area is 172 Å². The van der Waals surface area contributed by atoms with E-state index in [9.17, 15) is 4.79 Å². The summed E-state index contributed by atoms with van der Waals surface area (Å²) in [5.74, 6) is 0.815. The number of halogens is 2. The molecule has 1 unspecified atom stereocenters. The molecule has 6 nitrogen and oxygen atoms in total. The minimum Gasteiger partial charge on any atom is -0.463 e. The summed E-state index contributed by atoms with van der Waals surface area (Å²) in [5.41, 5.74) is 2.21. The highest BCUT2D eigenvalue weighted by molar-refractivity contribution is 5.95. The third kappa shape index (κ3) is 4.63. The van der Waals surface area contributed by atoms with Gasteiger partial charge in [0.2, 0.25) is 0 Å². The van der Waals surface area contributed by atoms with Gasteiger partial charge in [0, 0.05) is 45.3 Å². The number of nitrogens with zero attached hydrogens (tertiary/aromatic N) is 3. The van der Waals surface area contributed by atoms with Crippen molar-refractivity contribution in [2.45, 2.75) is 19.4 Å². The van der Waals surface area contributed by atoms with Gasteiger partial charge in [-0.05, 0) is 37.6 Å². The number of aromatic nitrogens is 1. The number of amides is 1. The number of aryl methyl sites for hydroxylation is 1. The van der Waals surface area contributed by atoms with E-state index in [0.717, 1.165) is 62.8 Å². The summed E-state index contributed by atoms with van der Waals surface area (Å²) in [7, 11) is 0. The second-order valence-corrected chi connectivity index (χ2v) is 6.79. The number of hydrogen-bond donors (Lipinski definition) is 1. The number of likely N-dealkylation sites (tertiary alicyclic amines) is 1.